The maximum Gasteiger partial charge on any atom is 0.416 e. The summed E-state index contributed by atoms with van der Waals surface area (Å²) in [6.45, 7) is 2.72. The summed E-state index contributed by atoms with van der Waals surface area (Å²) in [6, 6.07) is 11.9. The van der Waals surface area contributed by atoms with E-state index in [0.29, 0.717) is 19.4 Å². The second kappa shape index (κ2) is 11.1. The second-order valence-corrected chi connectivity index (χ2v) is 8.63. The first-order valence-corrected chi connectivity index (χ1v) is 11.5. The van der Waals surface area contributed by atoms with Gasteiger partial charge in [0.15, 0.2) is 5.96 Å². The number of nitrogens with zero attached hydrogens (tertiary/aromatic N) is 3. The molecule has 2 aromatic carbocycles. The predicted molar refractivity (Wildman–Crippen MR) is 130 cm³/mol. The summed E-state index contributed by atoms with van der Waals surface area (Å²) < 4.78 is 47.0. The summed E-state index contributed by atoms with van der Waals surface area (Å²) in [5, 5.41) is 11.6. The number of rotatable bonds is 7. The van der Waals surface area contributed by atoms with E-state index in [1.54, 1.807) is 11.0 Å². The summed E-state index contributed by atoms with van der Waals surface area (Å²) in [7, 11) is 0. The molecule has 188 valence electrons. The minimum absolute atomic E-state index is 0. The van der Waals surface area contributed by atoms with Crippen LogP contribution in [0.15, 0.2) is 47.0 Å². The van der Waals surface area contributed by atoms with Gasteiger partial charge in [-0.25, -0.2) is 0 Å². The Balaban J connectivity index is 0.00000342. The molecule has 6 nitrogen and oxygen atoms in total. The molecule has 0 aliphatic carbocycles. The van der Waals surface area contributed by atoms with E-state index in [1.165, 1.54) is 11.6 Å². The maximum absolute atomic E-state index is 13.9. The van der Waals surface area contributed by atoms with E-state index in [0.717, 1.165) is 30.9 Å². The van der Waals surface area contributed by atoms with Crippen LogP contribution in [0.3, 0.4) is 0 Å². The van der Waals surface area contributed by atoms with Gasteiger partial charge in [-0.2, -0.15) is 18.2 Å². The normalized spacial score (nSPS) is 15.8. The van der Waals surface area contributed by atoms with Crippen LogP contribution in [-0.4, -0.2) is 27.5 Å². The second-order valence-electron chi connectivity index (χ2n) is 8.63. The van der Waals surface area contributed by atoms with Gasteiger partial charge in [0.2, 0.25) is 11.7 Å². The third-order valence-corrected chi connectivity index (χ3v) is 6.21. The fourth-order valence-electron chi connectivity index (χ4n) is 4.44. The molecule has 35 heavy (non-hydrogen) atoms. The van der Waals surface area contributed by atoms with Gasteiger partial charge in [0.05, 0.1) is 5.56 Å². The van der Waals surface area contributed by atoms with E-state index in [4.69, 9.17) is 15.7 Å². The summed E-state index contributed by atoms with van der Waals surface area (Å²) in [5.41, 5.74) is 7.63. The molecule has 0 saturated carbocycles. The molecule has 2 heterocycles. The third kappa shape index (κ3) is 6.14. The van der Waals surface area contributed by atoms with Crippen molar-refractivity contribution < 1.29 is 17.7 Å². The number of guanidine groups is 1. The lowest BCUT2D eigenvalue weighted by molar-refractivity contribution is -0.138. The van der Waals surface area contributed by atoms with E-state index in [-0.39, 0.29) is 53.7 Å². The Bertz CT molecular complexity index is 1150. The number of nitrogens with one attached hydrogen (secondary N) is 1. The van der Waals surface area contributed by atoms with Gasteiger partial charge in [0.25, 0.3) is 0 Å². The average Bonchev–Trinajstić information content (AvgIpc) is 3.48. The predicted octanol–water partition coefficient (Wildman–Crippen LogP) is 5.95. The van der Waals surface area contributed by atoms with Gasteiger partial charge in [0.1, 0.15) is 6.04 Å². The molecular formula is C25H29ClF3N5O. The van der Waals surface area contributed by atoms with E-state index < -0.39 is 11.7 Å². The van der Waals surface area contributed by atoms with E-state index in [9.17, 15) is 13.2 Å². The Morgan fingerprint density at radius 2 is 1.80 bits per heavy atom. The number of hydrogen-bond donors (Lipinski definition) is 2. The molecule has 0 amide bonds. The molecule has 0 spiro atoms. The number of halogens is 4. The molecule has 10 heteroatoms. The number of aromatic nitrogens is 2. The van der Waals surface area contributed by atoms with E-state index >= 15 is 0 Å². The zero-order valence-electron chi connectivity index (χ0n) is 19.4. The first kappa shape index (κ1) is 26.5. The van der Waals surface area contributed by atoms with Crippen molar-refractivity contribution in [3.63, 3.8) is 0 Å². The number of alkyl halides is 3. The highest BCUT2D eigenvalue weighted by molar-refractivity contribution is 5.85. The molecule has 1 aliphatic rings. The van der Waals surface area contributed by atoms with Gasteiger partial charge in [-0.15, -0.1) is 12.4 Å². The van der Waals surface area contributed by atoms with Crippen LogP contribution >= 0.6 is 12.4 Å². The van der Waals surface area contributed by atoms with Crippen LogP contribution in [0.2, 0.25) is 0 Å². The Morgan fingerprint density at radius 1 is 1.11 bits per heavy atom. The Kier molecular flexibility index (Phi) is 8.43. The monoisotopic (exact) mass is 507 g/mol. The lowest BCUT2D eigenvalue weighted by Gasteiger charge is -2.21. The number of aryl methyl sites for hydroxylation is 3. The van der Waals surface area contributed by atoms with Crippen molar-refractivity contribution in [1.82, 2.24) is 15.0 Å². The van der Waals surface area contributed by atoms with Crippen molar-refractivity contribution in [2.24, 2.45) is 5.73 Å². The third-order valence-electron chi connectivity index (χ3n) is 6.21. The van der Waals surface area contributed by atoms with Gasteiger partial charge >= 0.3 is 6.18 Å². The zero-order chi connectivity index (χ0) is 24.3. The Morgan fingerprint density at radius 3 is 2.43 bits per heavy atom. The summed E-state index contributed by atoms with van der Waals surface area (Å²) in [5.74, 6) is 0.256. The Hall–Kier alpha value is -3.07. The van der Waals surface area contributed by atoms with Gasteiger partial charge in [-0.3, -0.25) is 5.41 Å². The molecule has 0 radical (unpaired) electrons. The Labute approximate surface area is 208 Å². The zero-order valence-corrected chi connectivity index (χ0v) is 20.3. The molecular weight excluding hydrogens is 479 g/mol. The lowest BCUT2D eigenvalue weighted by Crippen LogP contribution is -2.35. The minimum Gasteiger partial charge on any atom is -0.370 e. The SMILES string of the molecule is CCCc1ccc(CCc2ccc(-c3noc([C@@H]4CCCN4C(=N)N)n3)cc2C(F)(F)F)cc1.Cl. The lowest BCUT2D eigenvalue weighted by atomic mass is 9.96. The standard InChI is InChI=1S/C25H28F3N5O.ClH/c1-2-4-16-6-8-17(9-7-16)10-11-18-12-13-19(15-20(18)25(26,27)28)22-31-23(34-32-22)21-5-3-14-33(21)24(29)30;/h6-9,12-13,15,21H,2-5,10-11,14H2,1H3,(H3,29,30);1H/t21-;/m0./s1. The first-order chi connectivity index (χ1) is 16.3. The van der Waals surface area contributed by atoms with Gasteiger partial charge in [0, 0.05) is 12.1 Å². The van der Waals surface area contributed by atoms with Crippen molar-refractivity contribution in [2.45, 2.75) is 57.7 Å². The van der Waals surface area contributed by atoms with Crippen LogP contribution in [-0.2, 0) is 25.4 Å². The van der Waals surface area contributed by atoms with Crippen molar-refractivity contribution in [3.8, 4) is 11.4 Å². The highest BCUT2D eigenvalue weighted by Crippen LogP contribution is 2.36. The van der Waals surface area contributed by atoms with Crippen molar-refractivity contribution in [1.29, 1.82) is 5.41 Å². The summed E-state index contributed by atoms with van der Waals surface area (Å²) in [4.78, 5) is 5.97. The van der Waals surface area contributed by atoms with Gasteiger partial charge in [-0.1, -0.05) is 54.9 Å². The maximum atomic E-state index is 13.9. The topological polar surface area (TPSA) is 92.0 Å². The highest BCUT2D eigenvalue weighted by atomic mass is 35.5. The molecule has 1 saturated heterocycles. The number of nitrogens with two attached hydrogens (primary N) is 1. The van der Waals surface area contributed by atoms with Crippen LogP contribution in [0.25, 0.3) is 11.4 Å². The molecule has 1 atom stereocenters. The van der Waals surface area contributed by atoms with Crippen LogP contribution < -0.4 is 5.73 Å². The molecule has 0 unspecified atom stereocenters. The quantitative estimate of drug-likeness (QED) is 0.305. The first-order valence-electron chi connectivity index (χ1n) is 11.5. The van der Waals surface area contributed by atoms with Crippen LogP contribution in [0.4, 0.5) is 13.2 Å². The summed E-state index contributed by atoms with van der Waals surface area (Å²) in [6.07, 6.45) is -0.161. The fraction of sp³-hybridized carbons (Fsp3) is 0.400. The summed E-state index contributed by atoms with van der Waals surface area (Å²) >= 11 is 0. The molecule has 1 aromatic heterocycles. The van der Waals surface area contributed by atoms with Crippen LogP contribution in [0.5, 0.6) is 0 Å². The van der Waals surface area contributed by atoms with Gasteiger partial charge in [-0.05, 0) is 54.9 Å². The number of benzene rings is 2. The smallest absolute Gasteiger partial charge is 0.370 e. The number of hydrogen-bond acceptors (Lipinski definition) is 4. The van der Waals surface area contributed by atoms with Crippen LogP contribution in [0.1, 0.15) is 60.4 Å². The fourth-order valence-corrected chi connectivity index (χ4v) is 4.44. The largest absolute Gasteiger partial charge is 0.416 e. The average molecular weight is 508 g/mol. The number of likely N-dealkylation sites (tertiary alicyclic amines) is 1. The molecule has 3 N–H and O–H groups in total. The molecule has 3 aromatic rings. The van der Waals surface area contributed by atoms with E-state index in [1.807, 2.05) is 24.3 Å². The molecule has 1 aliphatic heterocycles. The van der Waals surface area contributed by atoms with E-state index in [2.05, 4.69) is 17.1 Å². The molecule has 0 bridgehead atoms. The molecule has 4 rings (SSSR count). The van der Waals surface area contributed by atoms with Gasteiger partial charge < -0.3 is 15.2 Å². The molecule has 1 fully saturated rings. The van der Waals surface area contributed by atoms with Crippen LogP contribution in [0, 0.1) is 5.41 Å². The minimum atomic E-state index is -4.50. The van der Waals surface area contributed by atoms with Crippen molar-refractivity contribution >= 4 is 18.4 Å². The van der Waals surface area contributed by atoms with Crippen molar-refractivity contribution in [3.05, 3.63) is 70.6 Å². The highest BCUT2D eigenvalue weighted by Gasteiger charge is 2.35. The van der Waals surface area contributed by atoms with Crippen molar-refractivity contribution in [2.75, 3.05) is 6.54 Å².